The fraction of sp³-hybridized carbons (Fsp3) is 0.500. The minimum atomic E-state index is -1.09. The number of carboxylic acid groups (broad SMARTS) is 1. The van der Waals surface area contributed by atoms with Gasteiger partial charge in [-0.05, 0) is 31.3 Å². The van der Waals surface area contributed by atoms with Gasteiger partial charge in [-0.15, -0.1) is 0 Å². The van der Waals surface area contributed by atoms with Gasteiger partial charge in [-0.1, -0.05) is 25.2 Å². The Morgan fingerprint density at radius 3 is 2.87 bits per heavy atom. The highest BCUT2D eigenvalue weighted by molar-refractivity contribution is 5.95. The van der Waals surface area contributed by atoms with E-state index in [0.717, 1.165) is 6.42 Å². The van der Waals surface area contributed by atoms with Crippen molar-refractivity contribution in [3.63, 3.8) is 0 Å². The molecule has 1 aliphatic rings. The van der Waals surface area contributed by atoms with E-state index in [9.17, 15) is 14.7 Å². The molecule has 1 rings (SSSR count). The van der Waals surface area contributed by atoms with Crippen LogP contribution >= 0.6 is 0 Å². The maximum absolute atomic E-state index is 11.4. The van der Waals surface area contributed by atoms with Gasteiger partial charge < -0.3 is 9.90 Å². The molecule has 0 bridgehead atoms. The molecule has 3 nitrogen and oxygen atoms in total. The van der Waals surface area contributed by atoms with Crippen LogP contribution in [-0.4, -0.2) is 11.8 Å². The first-order chi connectivity index (χ1) is 7.15. The molecule has 0 heterocycles. The maximum atomic E-state index is 11.4. The van der Waals surface area contributed by atoms with E-state index < -0.39 is 5.97 Å². The zero-order chi connectivity index (χ0) is 11.3. The van der Waals surface area contributed by atoms with E-state index in [0.29, 0.717) is 6.42 Å². The van der Waals surface area contributed by atoms with Crippen molar-refractivity contribution in [2.45, 2.75) is 26.2 Å². The summed E-state index contributed by atoms with van der Waals surface area (Å²) in [5.74, 6) is -1.46. The van der Waals surface area contributed by atoms with Crippen molar-refractivity contribution in [2.75, 3.05) is 0 Å². The first kappa shape index (κ1) is 11.7. The van der Waals surface area contributed by atoms with E-state index >= 15 is 0 Å². The number of carboxylic acids is 1. The third kappa shape index (κ3) is 3.35. The number of allylic oxidation sites excluding steroid dienone is 4. The second kappa shape index (κ2) is 5.49. The van der Waals surface area contributed by atoms with Crippen LogP contribution in [0.4, 0.5) is 0 Å². The second-order valence-corrected chi connectivity index (χ2v) is 3.72. The van der Waals surface area contributed by atoms with Crippen LogP contribution in [0, 0.1) is 11.8 Å². The monoisotopic (exact) mass is 207 g/mol. The third-order valence-corrected chi connectivity index (χ3v) is 2.58. The Morgan fingerprint density at radius 2 is 2.27 bits per heavy atom. The molecule has 0 N–H and O–H groups in total. The molecule has 1 aliphatic carbocycles. The number of aliphatic carboxylic acids is 1. The molecule has 0 aromatic carbocycles. The Bertz CT molecular complexity index is 302. The second-order valence-electron chi connectivity index (χ2n) is 3.72. The van der Waals surface area contributed by atoms with Crippen LogP contribution in [0.1, 0.15) is 26.2 Å². The molecule has 0 radical (unpaired) electrons. The normalized spacial score (nSPS) is 25.3. The van der Waals surface area contributed by atoms with Crippen molar-refractivity contribution in [3.05, 3.63) is 24.3 Å². The lowest BCUT2D eigenvalue weighted by molar-refractivity contribution is -0.306. The van der Waals surface area contributed by atoms with Gasteiger partial charge in [0, 0.05) is 11.9 Å². The lowest BCUT2D eigenvalue weighted by atomic mass is 9.89. The first-order valence-corrected chi connectivity index (χ1v) is 5.22. The topological polar surface area (TPSA) is 57.2 Å². The minimum absolute atomic E-state index is 0.0296. The van der Waals surface area contributed by atoms with Gasteiger partial charge in [0.1, 0.15) is 0 Å². The third-order valence-electron chi connectivity index (χ3n) is 2.58. The van der Waals surface area contributed by atoms with Gasteiger partial charge in [0.05, 0.1) is 0 Å². The summed E-state index contributed by atoms with van der Waals surface area (Å²) in [7, 11) is 0. The summed E-state index contributed by atoms with van der Waals surface area (Å²) in [5, 5.41) is 10.5. The molecule has 0 aliphatic heterocycles. The van der Waals surface area contributed by atoms with Crippen molar-refractivity contribution in [1.29, 1.82) is 0 Å². The number of hydrogen-bond donors (Lipinski definition) is 0. The fourth-order valence-corrected chi connectivity index (χ4v) is 1.79. The van der Waals surface area contributed by atoms with E-state index in [4.69, 9.17) is 0 Å². The molecule has 82 valence electrons. The lowest BCUT2D eigenvalue weighted by Crippen LogP contribution is -2.27. The Balaban J connectivity index is 2.55. The quantitative estimate of drug-likeness (QED) is 0.628. The Labute approximate surface area is 89.5 Å². The van der Waals surface area contributed by atoms with Crippen LogP contribution in [0.15, 0.2) is 24.3 Å². The van der Waals surface area contributed by atoms with Gasteiger partial charge >= 0.3 is 0 Å². The molecular formula is C12H15O3-. The molecule has 0 amide bonds. The highest BCUT2D eigenvalue weighted by Crippen LogP contribution is 2.28. The number of ketones is 1. The summed E-state index contributed by atoms with van der Waals surface area (Å²) in [6, 6.07) is 0. The van der Waals surface area contributed by atoms with E-state index in [1.807, 2.05) is 19.1 Å². The van der Waals surface area contributed by atoms with Crippen molar-refractivity contribution in [3.8, 4) is 0 Å². The Kier molecular flexibility index (Phi) is 4.28. The first-order valence-electron chi connectivity index (χ1n) is 5.22. The van der Waals surface area contributed by atoms with Gasteiger partial charge in [0.15, 0.2) is 5.78 Å². The van der Waals surface area contributed by atoms with E-state index in [-0.39, 0.29) is 24.0 Å². The highest BCUT2D eigenvalue weighted by Gasteiger charge is 2.28. The number of hydrogen-bond acceptors (Lipinski definition) is 3. The summed E-state index contributed by atoms with van der Waals surface area (Å²) in [5.41, 5.74) is 0. The zero-order valence-electron chi connectivity index (χ0n) is 8.81. The minimum Gasteiger partial charge on any atom is -0.550 e. The van der Waals surface area contributed by atoms with Crippen LogP contribution in [0.5, 0.6) is 0 Å². The number of carbonyl (C=O) groups excluding carboxylic acids is 2. The molecule has 0 aromatic rings. The molecule has 0 aromatic heterocycles. The molecular weight excluding hydrogens is 192 g/mol. The lowest BCUT2D eigenvalue weighted by Gasteiger charge is -2.16. The largest absolute Gasteiger partial charge is 0.550 e. The van der Waals surface area contributed by atoms with Gasteiger partial charge in [-0.3, -0.25) is 4.79 Å². The van der Waals surface area contributed by atoms with Crippen LogP contribution in [0.25, 0.3) is 0 Å². The molecule has 15 heavy (non-hydrogen) atoms. The molecule has 0 spiro atoms. The smallest absolute Gasteiger partial charge is 0.159 e. The van der Waals surface area contributed by atoms with Crippen LogP contribution in [0.2, 0.25) is 0 Å². The maximum Gasteiger partial charge on any atom is 0.159 e. The van der Waals surface area contributed by atoms with Crippen molar-refractivity contribution >= 4 is 11.8 Å². The predicted octanol–water partition coefficient (Wildman–Crippen LogP) is 0.854. The molecule has 2 unspecified atom stereocenters. The molecule has 0 saturated heterocycles. The van der Waals surface area contributed by atoms with E-state index in [2.05, 4.69) is 0 Å². The predicted molar refractivity (Wildman–Crippen MR) is 54.8 cm³/mol. The molecule has 3 heteroatoms. The van der Waals surface area contributed by atoms with Crippen LogP contribution < -0.4 is 5.11 Å². The van der Waals surface area contributed by atoms with Crippen molar-refractivity contribution in [2.24, 2.45) is 11.8 Å². The fourth-order valence-electron chi connectivity index (χ4n) is 1.79. The number of rotatable bonds is 5. The van der Waals surface area contributed by atoms with Crippen LogP contribution in [-0.2, 0) is 9.59 Å². The van der Waals surface area contributed by atoms with E-state index in [1.54, 1.807) is 6.08 Å². The summed E-state index contributed by atoms with van der Waals surface area (Å²) in [6.45, 7) is 2.02. The van der Waals surface area contributed by atoms with Crippen molar-refractivity contribution in [1.82, 2.24) is 0 Å². The van der Waals surface area contributed by atoms with Crippen LogP contribution in [0.3, 0.4) is 0 Å². The zero-order valence-corrected chi connectivity index (χ0v) is 8.81. The van der Waals surface area contributed by atoms with Gasteiger partial charge in [-0.25, -0.2) is 0 Å². The molecule has 0 fully saturated rings. The van der Waals surface area contributed by atoms with E-state index in [1.165, 1.54) is 6.08 Å². The summed E-state index contributed by atoms with van der Waals surface area (Å²) in [6.07, 6.45) is 8.59. The summed E-state index contributed by atoms with van der Waals surface area (Å²) < 4.78 is 0. The Morgan fingerprint density at radius 1 is 1.53 bits per heavy atom. The highest BCUT2D eigenvalue weighted by atomic mass is 16.4. The standard InChI is InChI=1S/C12H16O3/c1-2-3-4-5-10-9(8-12(14)15)6-7-11(10)13/h3-4,6-7,9-10H,2,5,8H2,1H3,(H,14,15)/p-1/b4-3-. The average Bonchev–Trinajstić information content (AvgIpc) is 2.49. The average molecular weight is 207 g/mol. The van der Waals surface area contributed by atoms with Crippen molar-refractivity contribution < 1.29 is 14.7 Å². The summed E-state index contributed by atoms with van der Waals surface area (Å²) >= 11 is 0. The van der Waals surface area contributed by atoms with Gasteiger partial charge in [0.25, 0.3) is 0 Å². The van der Waals surface area contributed by atoms with Gasteiger partial charge in [0.2, 0.25) is 0 Å². The Hall–Kier alpha value is -1.38. The summed E-state index contributed by atoms with van der Waals surface area (Å²) in [4.78, 5) is 21.9. The number of carbonyl (C=O) groups is 2. The molecule has 2 atom stereocenters. The van der Waals surface area contributed by atoms with Gasteiger partial charge in [-0.2, -0.15) is 0 Å². The molecule has 0 saturated carbocycles. The SMILES string of the molecule is CC/C=C\CC1C(=O)C=CC1CC(=O)[O-].